The number of likely N-dealkylation sites (tertiary alicyclic amines) is 1. The molecule has 1 amide bonds. The van der Waals surface area contributed by atoms with E-state index in [1.54, 1.807) is 9.80 Å². The molecule has 2 aromatic rings. The average Bonchev–Trinajstić information content (AvgIpc) is 3.38. The normalized spacial score (nSPS) is 20.2. The number of carbonyl (C=O) groups is 1. The van der Waals surface area contributed by atoms with E-state index in [9.17, 15) is 30.8 Å². The molecule has 2 fully saturated rings. The molecule has 33 heavy (non-hydrogen) atoms. The highest BCUT2D eigenvalue weighted by Gasteiger charge is 2.39. The summed E-state index contributed by atoms with van der Waals surface area (Å²) in [6.45, 7) is 1.17. The molecular weight excluding hydrogens is 472 g/mol. The summed E-state index contributed by atoms with van der Waals surface area (Å²) in [6.07, 6.45) is -1.86. The molecule has 0 spiro atoms. The highest BCUT2D eigenvalue weighted by molar-refractivity contribution is 7.90. The molecule has 0 unspecified atom stereocenters. The lowest BCUT2D eigenvalue weighted by Gasteiger charge is -2.36. The van der Waals surface area contributed by atoms with Gasteiger partial charge in [0, 0.05) is 44.4 Å². The zero-order chi connectivity index (χ0) is 23.9. The molecule has 180 valence electrons. The van der Waals surface area contributed by atoms with Crippen LogP contribution in [0.1, 0.15) is 31.6 Å². The Morgan fingerprint density at radius 2 is 1.82 bits per heavy atom. The van der Waals surface area contributed by atoms with E-state index in [-0.39, 0.29) is 24.3 Å². The Kier molecular flexibility index (Phi) is 6.20. The van der Waals surface area contributed by atoms with Crippen molar-refractivity contribution in [3.05, 3.63) is 29.7 Å². The molecule has 1 aromatic carbocycles. The number of hydrogen-bond acceptors (Lipinski definition) is 8. The Balaban J connectivity index is 1.37. The Hall–Kier alpha value is -2.90. The summed E-state index contributed by atoms with van der Waals surface area (Å²) < 4.78 is 86.6. The van der Waals surface area contributed by atoms with E-state index in [2.05, 4.69) is 14.7 Å². The van der Waals surface area contributed by atoms with E-state index in [0.717, 1.165) is 6.26 Å². The number of piperidine rings is 1. The van der Waals surface area contributed by atoms with Crippen LogP contribution in [0.2, 0.25) is 0 Å². The van der Waals surface area contributed by atoms with Gasteiger partial charge in [0.05, 0.1) is 0 Å². The molecule has 1 atom stereocenters. The van der Waals surface area contributed by atoms with Gasteiger partial charge in [0.1, 0.15) is 10.7 Å². The van der Waals surface area contributed by atoms with Crippen molar-refractivity contribution in [1.82, 2.24) is 15.0 Å². The number of alkyl halides is 2. The number of sulfone groups is 1. The summed E-state index contributed by atoms with van der Waals surface area (Å²) in [7, 11) is -3.96. The quantitative estimate of drug-likeness (QED) is 0.566. The maximum absolute atomic E-state index is 14.3. The molecule has 0 bridgehead atoms. The molecular formula is C19H20F4N4O5S. The van der Waals surface area contributed by atoms with Crippen LogP contribution in [-0.4, -0.2) is 67.4 Å². The van der Waals surface area contributed by atoms with Gasteiger partial charge < -0.3 is 19.1 Å². The first-order valence-corrected chi connectivity index (χ1v) is 12.0. The lowest BCUT2D eigenvalue weighted by atomic mass is 10.0. The Morgan fingerprint density at radius 1 is 1.12 bits per heavy atom. The average molecular weight is 492 g/mol. The van der Waals surface area contributed by atoms with Gasteiger partial charge in [-0.2, -0.15) is 13.8 Å². The van der Waals surface area contributed by atoms with E-state index < -0.39 is 50.5 Å². The third kappa shape index (κ3) is 4.75. The number of hydrogen-bond donors (Lipinski definition) is 0. The second-order valence-corrected chi connectivity index (χ2v) is 9.85. The van der Waals surface area contributed by atoms with Gasteiger partial charge in [-0.05, 0) is 24.1 Å². The fourth-order valence-corrected chi connectivity index (χ4v) is 4.74. The van der Waals surface area contributed by atoms with Gasteiger partial charge >= 0.3 is 6.43 Å². The highest BCUT2D eigenvalue weighted by Crippen LogP contribution is 2.30. The molecule has 4 rings (SSSR count). The van der Waals surface area contributed by atoms with Crippen molar-refractivity contribution in [2.45, 2.75) is 42.7 Å². The minimum Gasteiger partial charge on any atom is -0.477 e. The molecule has 0 N–H and O–H groups in total. The smallest absolute Gasteiger partial charge is 0.316 e. The minimum absolute atomic E-state index is 0.0627. The third-order valence-corrected chi connectivity index (χ3v) is 6.76. The minimum atomic E-state index is -3.96. The van der Waals surface area contributed by atoms with Crippen LogP contribution >= 0.6 is 0 Å². The van der Waals surface area contributed by atoms with Gasteiger partial charge in [0.15, 0.2) is 27.5 Å². The molecule has 0 saturated carbocycles. The molecule has 3 heterocycles. The Labute approximate surface area is 186 Å². The van der Waals surface area contributed by atoms with Crippen molar-refractivity contribution in [3.63, 3.8) is 0 Å². The van der Waals surface area contributed by atoms with Crippen molar-refractivity contribution in [3.8, 4) is 5.75 Å². The number of ether oxygens (including phenoxy) is 1. The van der Waals surface area contributed by atoms with Crippen molar-refractivity contribution < 1.29 is 40.0 Å². The number of nitrogens with zero attached hydrogens (tertiary/aromatic N) is 4. The summed E-state index contributed by atoms with van der Waals surface area (Å²) >= 11 is 0. The zero-order valence-electron chi connectivity index (χ0n) is 17.4. The number of halogens is 4. The zero-order valence-corrected chi connectivity index (χ0v) is 18.2. The van der Waals surface area contributed by atoms with Crippen LogP contribution in [0, 0.1) is 11.6 Å². The van der Waals surface area contributed by atoms with Crippen molar-refractivity contribution in [2.24, 2.45) is 0 Å². The predicted molar refractivity (Wildman–Crippen MR) is 105 cm³/mol. The first-order chi connectivity index (χ1) is 15.5. The van der Waals surface area contributed by atoms with Crippen molar-refractivity contribution >= 4 is 21.7 Å². The number of rotatable bonds is 6. The lowest BCUT2D eigenvalue weighted by molar-refractivity contribution is -0.135. The predicted octanol–water partition coefficient (Wildman–Crippen LogP) is 2.34. The van der Waals surface area contributed by atoms with Crippen LogP contribution in [0.3, 0.4) is 0 Å². The fraction of sp³-hybridized carbons (Fsp3) is 0.526. The Morgan fingerprint density at radius 3 is 2.42 bits per heavy atom. The van der Waals surface area contributed by atoms with Crippen LogP contribution in [0.4, 0.5) is 23.5 Å². The SMILES string of the molecule is CS(=O)(=O)c1cc(F)c(O[C@H]2CCN(C3CCN(c4noc(C(F)F)n4)CC3)C2=O)cc1F. The molecule has 1 aromatic heterocycles. The van der Waals surface area contributed by atoms with Gasteiger partial charge in [-0.1, -0.05) is 0 Å². The third-order valence-electron chi connectivity index (χ3n) is 5.65. The van der Waals surface area contributed by atoms with Crippen LogP contribution in [-0.2, 0) is 14.6 Å². The maximum atomic E-state index is 14.3. The van der Waals surface area contributed by atoms with E-state index in [0.29, 0.717) is 44.6 Å². The van der Waals surface area contributed by atoms with Gasteiger partial charge in [-0.3, -0.25) is 4.79 Å². The summed E-state index contributed by atoms with van der Waals surface area (Å²) in [6, 6.07) is 1.00. The summed E-state index contributed by atoms with van der Waals surface area (Å²) in [5.41, 5.74) is 0. The van der Waals surface area contributed by atoms with Crippen molar-refractivity contribution in [1.29, 1.82) is 0 Å². The molecule has 0 aliphatic carbocycles. The largest absolute Gasteiger partial charge is 0.477 e. The van der Waals surface area contributed by atoms with Crippen molar-refractivity contribution in [2.75, 3.05) is 30.8 Å². The number of anilines is 1. The summed E-state index contributed by atoms with van der Waals surface area (Å²) in [5.74, 6) is -3.87. The van der Waals surface area contributed by atoms with Gasteiger partial charge in [-0.25, -0.2) is 17.2 Å². The van der Waals surface area contributed by atoms with E-state index >= 15 is 0 Å². The number of benzene rings is 1. The molecule has 2 saturated heterocycles. The van der Waals surface area contributed by atoms with Gasteiger partial charge in [0.25, 0.3) is 17.7 Å². The standard InChI is InChI=1S/C19H20F4N4O5S/c1-33(29,30)15-9-11(20)14(8-12(15)21)31-13-4-7-27(18(13)28)10-2-5-26(6-3-10)19-24-17(16(22)23)32-25-19/h8-10,13,16H,2-7H2,1H3/t13-/m0/s1. The number of carbonyl (C=O) groups excluding carboxylic acids is 1. The number of aromatic nitrogens is 2. The lowest BCUT2D eigenvalue weighted by Crippen LogP contribution is -2.47. The highest BCUT2D eigenvalue weighted by atomic mass is 32.2. The van der Waals surface area contributed by atoms with Gasteiger partial charge in [0.2, 0.25) is 0 Å². The first-order valence-electron chi connectivity index (χ1n) is 10.1. The Bertz CT molecular complexity index is 1150. The first kappa shape index (κ1) is 23.3. The molecule has 2 aliphatic rings. The monoisotopic (exact) mass is 492 g/mol. The molecule has 14 heteroatoms. The van der Waals surface area contributed by atoms with Crippen LogP contribution in [0.15, 0.2) is 21.6 Å². The summed E-state index contributed by atoms with van der Waals surface area (Å²) in [5, 5.41) is 3.55. The second kappa shape index (κ2) is 8.80. The van der Waals surface area contributed by atoms with Crippen LogP contribution in [0.5, 0.6) is 5.75 Å². The topological polar surface area (TPSA) is 106 Å². The second-order valence-electron chi connectivity index (χ2n) is 7.86. The molecule has 9 nitrogen and oxygen atoms in total. The van der Waals surface area contributed by atoms with Crippen LogP contribution < -0.4 is 9.64 Å². The van der Waals surface area contributed by atoms with Gasteiger partial charge in [-0.15, -0.1) is 0 Å². The summed E-state index contributed by atoms with van der Waals surface area (Å²) in [4.78, 5) is 19.0. The molecule has 2 aliphatic heterocycles. The number of amides is 1. The van der Waals surface area contributed by atoms with E-state index in [1.807, 2.05) is 0 Å². The van der Waals surface area contributed by atoms with Crippen LogP contribution in [0.25, 0.3) is 0 Å². The van der Waals surface area contributed by atoms with E-state index in [4.69, 9.17) is 4.74 Å². The molecule has 0 radical (unpaired) electrons. The maximum Gasteiger partial charge on any atom is 0.316 e. The fourth-order valence-electron chi connectivity index (χ4n) is 4.01. The van der Waals surface area contributed by atoms with E-state index in [1.165, 1.54) is 0 Å².